The van der Waals surface area contributed by atoms with Crippen LogP contribution >= 0.6 is 22.7 Å². The van der Waals surface area contributed by atoms with E-state index in [0.29, 0.717) is 22.2 Å². The van der Waals surface area contributed by atoms with Gasteiger partial charge in [-0.3, -0.25) is 19.8 Å². The van der Waals surface area contributed by atoms with Gasteiger partial charge >= 0.3 is 0 Å². The van der Waals surface area contributed by atoms with Gasteiger partial charge in [-0.1, -0.05) is 37.3 Å². The lowest BCUT2D eigenvalue weighted by Crippen LogP contribution is -2.45. The fourth-order valence-electron chi connectivity index (χ4n) is 3.72. The molecule has 1 aliphatic rings. The quantitative estimate of drug-likeness (QED) is 0.488. The van der Waals surface area contributed by atoms with Crippen LogP contribution in [0.4, 0.5) is 5.13 Å². The molecule has 1 aromatic carbocycles. The maximum absolute atomic E-state index is 12.3. The van der Waals surface area contributed by atoms with Crippen LogP contribution in [0.5, 0.6) is 0 Å². The second-order valence-electron chi connectivity index (χ2n) is 8.06. The van der Waals surface area contributed by atoms with E-state index in [1.165, 1.54) is 28.2 Å². The number of hydrogen-bond donors (Lipinski definition) is 2. The molecule has 4 rings (SSSR count). The Balaban J connectivity index is 1.19. The summed E-state index contributed by atoms with van der Waals surface area (Å²) < 4.78 is 0. The van der Waals surface area contributed by atoms with Crippen LogP contribution in [0.2, 0.25) is 0 Å². The monoisotopic (exact) mass is 483 g/mol. The second-order valence-corrected chi connectivity index (χ2v) is 9.86. The number of piperazine rings is 1. The van der Waals surface area contributed by atoms with E-state index in [1.807, 2.05) is 11.4 Å². The van der Waals surface area contributed by atoms with Gasteiger partial charge in [0.25, 0.3) is 5.91 Å². The predicted molar refractivity (Wildman–Crippen MR) is 134 cm³/mol. The van der Waals surface area contributed by atoms with Crippen molar-refractivity contribution in [3.8, 4) is 0 Å². The normalized spacial score (nSPS) is 14.8. The highest BCUT2D eigenvalue weighted by Crippen LogP contribution is 2.18. The summed E-state index contributed by atoms with van der Waals surface area (Å²) in [7, 11) is 0. The minimum Gasteiger partial charge on any atom is -0.352 e. The van der Waals surface area contributed by atoms with Gasteiger partial charge in [0.15, 0.2) is 5.13 Å². The molecule has 3 heterocycles. The molecule has 1 aliphatic heterocycles. The third kappa shape index (κ3) is 6.94. The summed E-state index contributed by atoms with van der Waals surface area (Å²) in [6, 6.07) is 12.1. The van der Waals surface area contributed by atoms with E-state index in [2.05, 4.69) is 56.6 Å². The number of thiophene rings is 1. The third-order valence-electron chi connectivity index (χ3n) is 5.69. The first-order valence-electron chi connectivity index (χ1n) is 11.2. The molecular formula is C24H29N5O2S2. The molecule has 0 atom stereocenters. The number of nitrogens with zero attached hydrogens (tertiary/aromatic N) is 3. The van der Waals surface area contributed by atoms with Gasteiger partial charge in [-0.15, -0.1) is 22.7 Å². The summed E-state index contributed by atoms with van der Waals surface area (Å²) >= 11 is 2.70. The summed E-state index contributed by atoms with van der Waals surface area (Å²) in [5.41, 5.74) is 3.03. The number of anilines is 1. The van der Waals surface area contributed by atoms with Crippen LogP contribution in [-0.4, -0.2) is 59.3 Å². The van der Waals surface area contributed by atoms with E-state index >= 15 is 0 Å². The number of carbonyl (C=O) groups is 2. The van der Waals surface area contributed by atoms with Crippen LogP contribution in [0.15, 0.2) is 47.2 Å². The molecule has 33 heavy (non-hydrogen) atoms. The van der Waals surface area contributed by atoms with Crippen LogP contribution in [0.3, 0.4) is 0 Å². The average molecular weight is 484 g/mol. The first kappa shape index (κ1) is 23.6. The number of amides is 2. The summed E-state index contributed by atoms with van der Waals surface area (Å²) in [5.74, 6) is -0.267. The van der Waals surface area contributed by atoms with E-state index in [9.17, 15) is 9.59 Å². The molecule has 1 fully saturated rings. The average Bonchev–Trinajstić information content (AvgIpc) is 3.52. The molecule has 0 bridgehead atoms. The van der Waals surface area contributed by atoms with Crippen molar-refractivity contribution >= 4 is 39.6 Å². The Labute approximate surface area is 202 Å². The van der Waals surface area contributed by atoms with Crippen LogP contribution in [-0.2, 0) is 24.3 Å². The lowest BCUT2D eigenvalue weighted by molar-refractivity contribution is -0.120. The number of nitrogens with one attached hydrogen (secondary N) is 2. The topological polar surface area (TPSA) is 77.6 Å². The molecule has 2 amide bonds. The zero-order valence-corrected chi connectivity index (χ0v) is 20.4. The molecular weight excluding hydrogens is 454 g/mol. The fraction of sp³-hybridized carbons (Fsp3) is 0.375. The number of hydrogen-bond acceptors (Lipinski definition) is 7. The minimum atomic E-state index is -0.179. The van der Waals surface area contributed by atoms with Crippen molar-refractivity contribution in [2.75, 3.05) is 38.0 Å². The highest BCUT2D eigenvalue weighted by atomic mass is 32.1. The maximum atomic E-state index is 12.3. The summed E-state index contributed by atoms with van der Waals surface area (Å²) in [5, 5.41) is 9.90. The molecule has 9 heteroatoms. The number of likely N-dealkylation sites (N-methyl/N-ethyl adjacent to an activating group) is 1. The van der Waals surface area contributed by atoms with Gasteiger partial charge in [-0.05, 0) is 29.1 Å². The van der Waals surface area contributed by atoms with E-state index in [0.717, 1.165) is 44.8 Å². The van der Waals surface area contributed by atoms with Gasteiger partial charge in [-0.25, -0.2) is 4.98 Å². The lowest BCUT2D eigenvalue weighted by atomic mass is 10.1. The molecule has 174 valence electrons. The Kier molecular flexibility index (Phi) is 8.22. The number of benzene rings is 1. The van der Waals surface area contributed by atoms with Gasteiger partial charge < -0.3 is 10.2 Å². The smallest absolute Gasteiger partial charge is 0.267 e. The molecule has 0 radical (unpaired) electrons. The summed E-state index contributed by atoms with van der Waals surface area (Å²) in [6.45, 7) is 9.31. The van der Waals surface area contributed by atoms with Gasteiger partial charge in [0.1, 0.15) is 0 Å². The van der Waals surface area contributed by atoms with Crippen molar-refractivity contribution in [3.05, 3.63) is 68.9 Å². The Morgan fingerprint density at radius 1 is 1.00 bits per heavy atom. The first-order valence-corrected chi connectivity index (χ1v) is 12.9. The minimum absolute atomic E-state index is 0.0886. The molecule has 2 aromatic heterocycles. The van der Waals surface area contributed by atoms with Crippen molar-refractivity contribution in [1.82, 2.24) is 20.1 Å². The van der Waals surface area contributed by atoms with Gasteiger partial charge in [0.05, 0.1) is 17.0 Å². The van der Waals surface area contributed by atoms with Crippen LogP contribution in [0, 0.1) is 0 Å². The second kappa shape index (κ2) is 11.5. The van der Waals surface area contributed by atoms with E-state index in [4.69, 9.17) is 0 Å². The first-order chi connectivity index (χ1) is 16.1. The number of aromatic nitrogens is 1. The fourth-order valence-corrected chi connectivity index (χ4v) is 5.05. The lowest BCUT2D eigenvalue weighted by Gasteiger charge is -2.34. The largest absolute Gasteiger partial charge is 0.352 e. The standard InChI is InChI=1S/C24H29N5O2S2/c1-2-28-9-11-29(12-10-28)16-19-7-5-18(6-8-19)15-25-22(30)14-20-17-33-24(26-20)27-23(31)21-4-3-13-32-21/h3-8,13,17H,2,9-12,14-16H2,1H3,(H,25,30)(H,26,27,31). The molecule has 1 saturated heterocycles. The highest BCUT2D eigenvalue weighted by Gasteiger charge is 2.15. The molecule has 3 aromatic rings. The third-order valence-corrected chi connectivity index (χ3v) is 7.36. The molecule has 0 saturated carbocycles. The van der Waals surface area contributed by atoms with Crippen LogP contribution in [0.25, 0.3) is 0 Å². The van der Waals surface area contributed by atoms with Crippen LogP contribution in [0.1, 0.15) is 33.4 Å². The maximum Gasteiger partial charge on any atom is 0.267 e. The molecule has 0 aliphatic carbocycles. The molecule has 2 N–H and O–H groups in total. The zero-order chi connectivity index (χ0) is 23.0. The predicted octanol–water partition coefficient (Wildman–Crippen LogP) is 3.45. The Morgan fingerprint density at radius 3 is 2.42 bits per heavy atom. The van der Waals surface area contributed by atoms with Gasteiger partial charge in [-0.2, -0.15) is 0 Å². The van der Waals surface area contributed by atoms with E-state index in [1.54, 1.807) is 11.4 Å². The zero-order valence-electron chi connectivity index (χ0n) is 18.8. The van der Waals surface area contributed by atoms with Gasteiger partial charge in [0.2, 0.25) is 5.91 Å². The number of thiazole rings is 1. The van der Waals surface area contributed by atoms with Crippen molar-refractivity contribution in [3.63, 3.8) is 0 Å². The highest BCUT2D eigenvalue weighted by molar-refractivity contribution is 7.14. The molecule has 0 spiro atoms. The van der Waals surface area contributed by atoms with Crippen molar-refractivity contribution in [2.24, 2.45) is 0 Å². The number of rotatable bonds is 9. The molecule has 7 nitrogen and oxygen atoms in total. The Bertz CT molecular complexity index is 1040. The van der Waals surface area contributed by atoms with Crippen LogP contribution < -0.4 is 10.6 Å². The van der Waals surface area contributed by atoms with E-state index in [-0.39, 0.29) is 18.2 Å². The number of carbonyl (C=O) groups excluding carboxylic acids is 2. The SMILES string of the molecule is CCN1CCN(Cc2ccc(CNC(=O)Cc3csc(NC(=O)c4cccs4)n3)cc2)CC1. The van der Waals surface area contributed by atoms with Gasteiger partial charge in [0, 0.05) is 44.6 Å². The van der Waals surface area contributed by atoms with E-state index < -0.39 is 0 Å². The van der Waals surface area contributed by atoms with Crippen molar-refractivity contribution < 1.29 is 9.59 Å². The Hall–Kier alpha value is -2.59. The molecule has 0 unspecified atom stereocenters. The van der Waals surface area contributed by atoms with Crippen molar-refractivity contribution in [2.45, 2.75) is 26.4 Å². The Morgan fingerprint density at radius 2 is 1.73 bits per heavy atom. The summed E-state index contributed by atoms with van der Waals surface area (Å²) in [6.07, 6.45) is 0.188. The van der Waals surface area contributed by atoms with Crippen molar-refractivity contribution in [1.29, 1.82) is 0 Å². The summed E-state index contributed by atoms with van der Waals surface area (Å²) in [4.78, 5) is 34.4.